The Morgan fingerprint density at radius 3 is 1.77 bits per heavy atom. The molecule has 0 radical (unpaired) electrons. The highest BCUT2D eigenvalue weighted by Crippen LogP contribution is 2.31. The lowest BCUT2D eigenvalue weighted by Crippen LogP contribution is -2.10. The standard InChI is InChI=1S/C14H16.C11H14N2.2C10H13N3.C10H14N2.C10H12N2/c1-14(2,3)13-9-8-11-6-4-5-7-12(11)10-13;1-7(2)9-5-4-6-10-11(9)13-8(3)12-10;1-6(2)7-4-3-5-8-9(7)13-10(11)12-8;1-6(2)7-4-3-5-8-9(7)12-13-10(8)11;2*1-7(2)8-3-5-11-9-4-6-12-10(8)9/h4-10H,1-3H3;4-7H,1-3H3,(H,12,13);2*3-6H,1-2H3,(H3,11,12,13);3,5,7,12H,4,6H2,1-2H3;3-7,12H,1-2H3. The summed E-state index contributed by atoms with van der Waals surface area (Å²) in [7, 11) is 0. The Labute approximate surface area is 455 Å². The maximum atomic E-state index is 5.70. The van der Waals surface area contributed by atoms with Crippen LogP contribution in [0.2, 0.25) is 0 Å². The number of nitrogens with zero attached hydrogens (tertiary/aromatic N) is 5. The van der Waals surface area contributed by atoms with Gasteiger partial charge in [-0.25, -0.2) is 9.97 Å². The van der Waals surface area contributed by atoms with E-state index in [-0.39, 0.29) is 5.41 Å². The molecule has 0 atom stereocenters. The molecule has 0 saturated carbocycles. The molecule has 1 aliphatic rings. The monoisotopic (exact) mass is 1030 g/mol. The fourth-order valence-corrected chi connectivity index (χ4v) is 9.57. The van der Waals surface area contributed by atoms with E-state index < -0.39 is 0 Å². The van der Waals surface area contributed by atoms with Gasteiger partial charge in [0.15, 0.2) is 11.8 Å². The third-order valence-corrected chi connectivity index (χ3v) is 13.8. The molecule has 402 valence electrons. The summed E-state index contributed by atoms with van der Waals surface area (Å²) in [4.78, 5) is 26.8. The van der Waals surface area contributed by atoms with E-state index in [0.717, 1.165) is 57.3 Å². The lowest BCUT2D eigenvalue weighted by Gasteiger charge is -2.19. The van der Waals surface area contributed by atoms with Gasteiger partial charge in [-0.3, -0.25) is 15.1 Å². The number of hydrogen-bond acceptors (Lipinski definition) is 8. The summed E-state index contributed by atoms with van der Waals surface area (Å²) >= 11 is 0. The van der Waals surface area contributed by atoms with Gasteiger partial charge in [0.25, 0.3) is 0 Å². The fourth-order valence-electron chi connectivity index (χ4n) is 9.57. The second-order valence-electron chi connectivity index (χ2n) is 22.4. The Morgan fingerprint density at radius 2 is 1.12 bits per heavy atom. The van der Waals surface area contributed by atoms with Crippen molar-refractivity contribution in [2.45, 2.75) is 138 Å². The van der Waals surface area contributed by atoms with Crippen LogP contribution < -0.4 is 16.8 Å². The van der Waals surface area contributed by atoms with Crippen LogP contribution >= 0.6 is 0 Å². The minimum atomic E-state index is 0.240. The number of aromatic amines is 4. The van der Waals surface area contributed by atoms with E-state index >= 15 is 0 Å². The number of benzene rings is 5. The molecule has 1 aliphatic heterocycles. The largest absolute Gasteiger partial charge is 0.383 e. The molecule has 0 unspecified atom stereocenters. The first-order valence-corrected chi connectivity index (χ1v) is 27.3. The van der Waals surface area contributed by atoms with E-state index in [4.69, 9.17) is 11.5 Å². The number of para-hydroxylation sites is 3. The number of H-pyrrole nitrogens is 4. The molecule has 12 nitrogen and oxygen atoms in total. The molecule has 9 N–H and O–H groups in total. The molecular formula is C65H82N12. The van der Waals surface area contributed by atoms with Crippen molar-refractivity contribution in [3.05, 3.63) is 179 Å². The average Bonchev–Trinajstić information content (AvgIpc) is 4.27. The second kappa shape index (κ2) is 25.2. The smallest absolute Gasteiger partial charge is 0.198 e. The molecule has 6 aromatic heterocycles. The summed E-state index contributed by atoms with van der Waals surface area (Å²) in [5.41, 5.74) is 29.6. The van der Waals surface area contributed by atoms with Gasteiger partial charge in [0.05, 0.1) is 50.0 Å². The highest BCUT2D eigenvalue weighted by molar-refractivity contribution is 5.91. The zero-order valence-electron chi connectivity index (χ0n) is 47.9. The van der Waals surface area contributed by atoms with Gasteiger partial charge in [-0.1, -0.05) is 169 Å². The molecule has 0 amide bonds. The van der Waals surface area contributed by atoms with E-state index in [9.17, 15) is 0 Å². The van der Waals surface area contributed by atoms with Crippen molar-refractivity contribution in [3.63, 3.8) is 0 Å². The average molecular weight is 1030 g/mol. The number of nitrogen functional groups attached to an aromatic ring is 2. The first-order valence-electron chi connectivity index (χ1n) is 27.3. The maximum absolute atomic E-state index is 5.70. The predicted octanol–water partition coefficient (Wildman–Crippen LogP) is 16.5. The number of fused-ring (bicyclic) bond motifs is 6. The Morgan fingerprint density at radius 1 is 0.545 bits per heavy atom. The van der Waals surface area contributed by atoms with Crippen molar-refractivity contribution in [1.29, 1.82) is 0 Å². The van der Waals surface area contributed by atoms with Crippen LogP contribution in [0.15, 0.2) is 134 Å². The first kappa shape index (κ1) is 56.7. The first-order chi connectivity index (χ1) is 36.7. The topological polar surface area (TPSA) is 192 Å². The van der Waals surface area contributed by atoms with E-state index in [2.05, 4.69) is 225 Å². The molecule has 0 saturated heterocycles. The van der Waals surface area contributed by atoms with Gasteiger partial charge in [0.2, 0.25) is 0 Å². The molecule has 77 heavy (non-hydrogen) atoms. The highest BCUT2D eigenvalue weighted by Gasteiger charge is 2.17. The SMILES string of the molecule is CC(C)(C)c1ccc2ccccc2c1.CC(C)c1cccc2[nH]c(N)nc12.CC(C)c1cccc2c(N)n[nH]c12.CC(C)c1ccnc2c1NCC2.CC(C)c1ccnc2cc[nH]c12.Cc1nc2c(C(C)C)cccc2[nH]1. The molecule has 12 heteroatoms. The van der Waals surface area contributed by atoms with Gasteiger partial charge in [-0.2, -0.15) is 5.10 Å². The minimum Gasteiger partial charge on any atom is -0.383 e. The van der Waals surface area contributed by atoms with Crippen molar-refractivity contribution in [1.82, 2.24) is 45.1 Å². The number of anilines is 3. The summed E-state index contributed by atoms with van der Waals surface area (Å²) in [6.07, 6.45) is 6.80. The van der Waals surface area contributed by atoms with E-state index in [0.29, 0.717) is 41.4 Å². The normalized spacial score (nSPS) is 11.9. The minimum absolute atomic E-state index is 0.240. The second-order valence-corrected chi connectivity index (χ2v) is 22.4. The van der Waals surface area contributed by atoms with Crippen LogP contribution in [0.3, 0.4) is 0 Å². The third-order valence-electron chi connectivity index (χ3n) is 13.8. The zero-order chi connectivity index (χ0) is 55.6. The number of rotatable bonds is 5. The van der Waals surface area contributed by atoms with Gasteiger partial charge in [-0.15, -0.1) is 0 Å². The summed E-state index contributed by atoms with van der Waals surface area (Å²) in [5.74, 6) is 4.70. The van der Waals surface area contributed by atoms with Crippen LogP contribution in [0.5, 0.6) is 0 Å². The number of aryl methyl sites for hydroxylation is 1. The van der Waals surface area contributed by atoms with Crippen molar-refractivity contribution < 1.29 is 0 Å². The number of hydrogen-bond donors (Lipinski definition) is 7. The molecule has 7 heterocycles. The van der Waals surface area contributed by atoms with Gasteiger partial charge >= 0.3 is 0 Å². The van der Waals surface area contributed by atoms with E-state index in [1.54, 1.807) is 0 Å². The van der Waals surface area contributed by atoms with Crippen LogP contribution in [0, 0.1) is 6.92 Å². The Balaban J connectivity index is 0.000000134. The lowest BCUT2D eigenvalue weighted by molar-refractivity contribution is 0.591. The van der Waals surface area contributed by atoms with Crippen molar-refractivity contribution in [3.8, 4) is 0 Å². The summed E-state index contributed by atoms with van der Waals surface area (Å²) in [6, 6.07) is 39.9. The predicted molar refractivity (Wildman–Crippen MR) is 327 cm³/mol. The number of pyridine rings is 2. The molecule has 0 aliphatic carbocycles. The summed E-state index contributed by atoms with van der Waals surface area (Å²) in [5, 5.41) is 14.0. The van der Waals surface area contributed by atoms with Gasteiger partial charge in [0.1, 0.15) is 5.82 Å². The molecule has 5 aromatic carbocycles. The van der Waals surface area contributed by atoms with Crippen LogP contribution in [0.1, 0.15) is 164 Å². The summed E-state index contributed by atoms with van der Waals surface area (Å²) < 4.78 is 0. The molecular weight excluding hydrogens is 949 g/mol. The number of nitrogens with one attached hydrogen (secondary N) is 5. The van der Waals surface area contributed by atoms with Crippen molar-refractivity contribution in [2.24, 2.45) is 0 Å². The highest BCUT2D eigenvalue weighted by atomic mass is 15.2. The quantitative estimate of drug-likeness (QED) is 0.0885. The van der Waals surface area contributed by atoms with Crippen LogP contribution in [0.4, 0.5) is 17.5 Å². The third kappa shape index (κ3) is 14.1. The van der Waals surface area contributed by atoms with Crippen LogP contribution in [0.25, 0.3) is 54.8 Å². The zero-order valence-corrected chi connectivity index (χ0v) is 47.9. The summed E-state index contributed by atoms with van der Waals surface area (Å²) in [6.45, 7) is 31.6. The maximum Gasteiger partial charge on any atom is 0.198 e. The molecule has 0 bridgehead atoms. The number of nitrogens with two attached hydrogens (primary N) is 2. The van der Waals surface area contributed by atoms with Gasteiger partial charge in [-0.05, 0) is 122 Å². The lowest BCUT2D eigenvalue weighted by atomic mass is 9.86. The molecule has 11 aromatic rings. The van der Waals surface area contributed by atoms with Gasteiger partial charge < -0.3 is 31.7 Å². The Kier molecular flexibility index (Phi) is 18.6. The molecule has 0 fully saturated rings. The number of imidazole rings is 2. The fraction of sp³-hybridized carbons (Fsp3) is 0.338. The van der Waals surface area contributed by atoms with Crippen molar-refractivity contribution in [2.75, 3.05) is 23.3 Å². The number of aromatic nitrogens is 9. The molecule has 0 spiro atoms. The molecule has 12 rings (SSSR count). The van der Waals surface area contributed by atoms with Crippen LogP contribution in [-0.4, -0.2) is 51.6 Å². The Bertz CT molecular complexity index is 3540. The van der Waals surface area contributed by atoms with E-state index in [1.165, 1.54) is 61.1 Å². The van der Waals surface area contributed by atoms with Crippen molar-refractivity contribution >= 4 is 72.2 Å². The Hall–Kier alpha value is -7.99. The van der Waals surface area contributed by atoms with Gasteiger partial charge in [0, 0.05) is 36.9 Å². The van der Waals surface area contributed by atoms with Crippen LogP contribution in [-0.2, 0) is 11.8 Å². The van der Waals surface area contributed by atoms with E-state index in [1.807, 2.05) is 55.8 Å².